The molecule has 2 atom stereocenters. The summed E-state index contributed by atoms with van der Waals surface area (Å²) in [7, 11) is 1.70. The van der Waals surface area contributed by atoms with Crippen molar-refractivity contribution in [3.8, 4) is 22.6 Å². The molecule has 3 aromatic rings. The van der Waals surface area contributed by atoms with Gasteiger partial charge in [0, 0.05) is 24.4 Å². The minimum atomic E-state index is -5.08. The van der Waals surface area contributed by atoms with E-state index in [2.05, 4.69) is 20.5 Å². The van der Waals surface area contributed by atoms with Crippen LogP contribution in [0, 0.1) is 11.7 Å². The normalized spacial score (nSPS) is 15.7. The smallest absolute Gasteiger partial charge is 0.475 e. The third-order valence-electron chi connectivity index (χ3n) is 5.71. The van der Waals surface area contributed by atoms with Crippen LogP contribution >= 0.6 is 0 Å². The van der Waals surface area contributed by atoms with Gasteiger partial charge in [0.15, 0.2) is 11.9 Å². The Morgan fingerprint density at radius 3 is 2.44 bits per heavy atom. The molecule has 41 heavy (non-hydrogen) atoms. The fraction of sp³-hybridized carbons (Fsp3) is 0.375. The molecule has 1 fully saturated rings. The van der Waals surface area contributed by atoms with Gasteiger partial charge >= 0.3 is 24.2 Å². The van der Waals surface area contributed by atoms with E-state index in [0.717, 1.165) is 0 Å². The number of aliphatic carboxylic acids is 1. The summed E-state index contributed by atoms with van der Waals surface area (Å²) in [5.41, 5.74) is 7.51. The van der Waals surface area contributed by atoms with Crippen molar-refractivity contribution in [2.45, 2.75) is 32.2 Å². The Labute approximate surface area is 229 Å². The second kappa shape index (κ2) is 12.7. The van der Waals surface area contributed by atoms with Crippen molar-refractivity contribution in [3.63, 3.8) is 0 Å². The average molecular weight is 583 g/mol. The van der Waals surface area contributed by atoms with Crippen molar-refractivity contribution >= 4 is 23.7 Å². The minimum absolute atomic E-state index is 0.0770. The highest BCUT2D eigenvalue weighted by molar-refractivity contribution is 5.90. The van der Waals surface area contributed by atoms with Crippen LogP contribution < -0.4 is 10.6 Å². The zero-order chi connectivity index (χ0) is 30.5. The molecule has 1 aliphatic heterocycles. The van der Waals surface area contributed by atoms with Gasteiger partial charge in [-0.15, -0.1) is 5.10 Å². The summed E-state index contributed by atoms with van der Waals surface area (Å²) < 4.78 is 58.6. The van der Waals surface area contributed by atoms with E-state index < -0.39 is 42.2 Å². The maximum Gasteiger partial charge on any atom is 0.490 e. The number of rotatable bonds is 7. The van der Waals surface area contributed by atoms with E-state index in [-0.39, 0.29) is 19.1 Å². The summed E-state index contributed by atoms with van der Waals surface area (Å²) in [4.78, 5) is 38.7. The molecule has 3 N–H and O–H groups in total. The predicted molar refractivity (Wildman–Crippen MR) is 133 cm³/mol. The highest BCUT2D eigenvalue weighted by atomic mass is 19.4. The number of hydrogen-bond donors (Lipinski definition) is 2. The topological polar surface area (TPSA) is 176 Å². The van der Waals surface area contributed by atoms with E-state index >= 15 is 0 Å². The molecule has 1 aliphatic rings. The molecule has 2 aromatic heterocycles. The molecule has 220 valence electrons. The number of esters is 1. The van der Waals surface area contributed by atoms with Crippen LogP contribution in [0.2, 0.25) is 0 Å². The number of cyclic esters (lactones) is 1. The molecule has 0 radical (unpaired) electrons. The number of carboxylic acid groups (broad SMARTS) is 1. The van der Waals surface area contributed by atoms with Crippen molar-refractivity contribution in [1.82, 2.24) is 25.2 Å². The standard InChI is InChI=1S/C22H24FN7O4.C2HF3O2/c1-12(2)19(24)21(31)33-11-15-10-30(22(32)34-15)14-5-6-16(17(23)8-14)13-4-7-18(25-9-13)20-26-27-28-29(20)3;3-2(4,5)1(6)7/h4-9,12,15,19H,10-11,24H2,1-3H3;(H,6,7)/t15-,19+;/m1./s1. The van der Waals surface area contributed by atoms with Gasteiger partial charge in [-0.2, -0.15) is 13.2 Å². The number of carboxylic acids is 1. The number of carbonyl (C=O) groups excluding carboxylic acids is 2. The summed E-state index contributed by atoms with van der Waals surface area (Å²) in [6.07, 6.45) is -4.88. The average Bonchev–Trinajstić information content (AvgIpc) is 3.51. The number of anilines is 1. The van der Waals surface area contributed by atoms with Gasteiger partial charge < -0.3 is 20.3 Å². The Morgan fingerprint density at radius 2 is 1.93 bits per heavy atom. The first kappa shape index (κ1) is 30.9. The van der Waals surface area contributed by atoms with Crippen LogP contribution in [-0.2, 0) is 26.1 Å². The molecule has 1 saturated heterocycles. The Morgan fingerprint density at radius 1 is 1.24 bits per heavy atom. The molecule has 3 heterocycles. The summed E-state index contributed by atoms with van der Waals surface area (Å²) >= 11 is 0. The number of carbonyl (C=O) groups is 3. The van der Waals surface area contributed by atoms with Crippen LogP contribution in [0.3, 0.4) is 0 Å². The number of tetrazole rings is 1. The second-order valence-electron chi connectivity index (χ2n) is 9.04. The molecule has 0 unspecified atom stereocenters. The first-order valence-corrected chi connectivity index (χ1v) is 11.9. The lowest BCUT2D eigenvalue weighted by Gasteiger charge is -2.16. The highest BCUT2D eigenvalue weighted by Gasteiger charge is 2.38. The van der Waals surface area contributed by atoms with Crippen molar-refractivity contribution in [3.05, 3.63) is 42.3 Å². The summed E-state index contributed by atoms with van der Waals surface area (Å²) in [5.74, 6) is -3.44. The first-order chi connectivity index (χ1) is 19.2. The van der Waals surface area contributed by atoms with Crippen LogP contribution in [-0.4, -0.2) is 79.8 Å². The number of halogens is 4. The van der Waals surface area contributed by atoms with Gasteiger partial charge in [0.1, 0.15) is 24.2 Å². The van der Waals surface area contributed by atoms with Crippen molar-refractivity contribution < 1.29 is 46.5 Å². The molecule has 1 aromatic carbocycles. The van der Waals surface area contributed by atoms with Gasteiger partial charge in [-0.3, -0.25) is 14.7 Å². The van der Waals surface area contributed by atoms with Crippen LogP contribution in [0.15, 0.2) is 36.5 Å². The summed E-state index contributed by atoms with van der Waals surface area (Å²) in [6.45, 7) is 3.60. The van der Waals surface area contributed by atoms with Crippen molar-refractivity contribution in [1.29, 1.82) is 0 Å². The number of benzene rings is 1. The number of aromatic nitrogens is 5. The molecule has 4 rings (SSSR count). The van der Waals surface area contributed by atoms with Gasteiger partial charge in [-0.25, -0.2) is 18.7 Å². The van der Waals surface area contributed by atoms with Crippen LogP contribution in [0.4, 0.5) is 28.0 Å². The fourth-order valence-corrected chi connectivity index (χ4v) is 3.40. The van der Waals surface area contributed by atoms with Crippen molar-refractivity contribution in [2.24, 2.45) is 18.7 Å². The van der Waals surface area contributed by atoms with E-state index in [1.807, 2.05) is 0 Å². The Bertz CT molecular complexity index is 1400. The summed E-state index contributed by atoms with van der Waals surface area (Å²) in [6, 6.07) is 7.08. The fourth-order valence-electron chi connectivity index (χ4n) is 3.40. The van der Waals surface area contributed by atoms with E-state index in [0.29, 0.717) is 28.3 Å². The lowest BCUT2D eigenvalue weighted by atomic mass is 10.1. The minimum Gasteiger partial charge on any atom is -0.475 e. The highest BCUT2D eigenvalue weighted by Crippen LogP contribution is 2.29. The molecule has 1 amide bonds. The Balaban J connectivity index is 0.000000587. The first-order valence-electron chi connectivity index (χ1n) is 11.9. The van der Waals surface area contributed by atoms with Crippen molar-refractivity contribution in [2.75, 3.05) is 18.1 Å². The maximum atomic E-state index is 14.9. The zero-order valence-electron chi connectivity index (χ0n) is 21.9. The van der Waals surface area contributed by atoms with Crippen LogP contribution in [0.25, 0.3) is 22.6 Å². The third kappa shape index (κ3) is 7.71. The molecular weight excluding hydrogens is 558 g/mol. The number of pyridine rings is 1. The van der Waals surface area contributed by atoms with E-state index in [1.165, 1.54) is 21.8 Å². The van der Waals surface area contributed by atoms with Gasteiger partial charge in [-0.05, 0) is 40.6 Å². The number of ether oxygens (including phenoxy) is 2. The van der Waals surface area contributed by atoms with Gasteiger partial charge in [0.2, 0.25) is 0 Å². The van der Waals surface area contributed by atoms with E-state index in [9.17, 15) is 27.2 Å². The van der Waals surface area contributed by atoms with Crippen LogP contribution in [0.5, 0.6) is 0 Å². The lowest BCUT2D eigenvalue weighted by molar-refractivity contribution is -0.192. The SMILES string of the molecule is CC(C)[C@H](N)C(=O)OC[C@H]1CN(c2ccc(-c3ccc(-c4nnnn4C)nc3)c(F)c2)C(=O)O1.O=C(O)C(F)(F)F. The summed E-state index contributed by atoms with van der Waals surface area (Å²) in [5, 5.41) is 18.4. The van der Waals surface area contributed by atoms with Gasteiger partial charge in [0.05, 0.1) is 12.2 Å². The molecule has 0 spiro atoms. The number of amides is 1. The molecule has 0 aliphatic carbocycles. The molecular formula is C24H25F4N7O6. The third-order valence-corrected chi connectivity index (χ3v) is 5.71. The van der Waals surface area contributed by atoms with Gasteiger partial charge in [0.25, 0.3) is 0 Å². The second-order valence-corrected chi connectivity index (χ2v) is 9.04. The number of nitrogens with zero attached hydrogens (tertiary/aromatic N) is 6. The number of hydrogen-bond acceptors (Lipinski definition) is 10. The Hall–Kier alpha value is -4.67. The maximum absolute atomic E-state index is 14.9. The molecule has 17 heteroatoms. The van der Waals surface area contributed by atoms with Crippen LogP contribution in [0.1, 0.15) is 13.8 Å². The monoisotopic (exact) mass is 583 g/mol. The number of aryl methyl sites for hydroxylation is 1. The quantitative estimate of drug-likeness (QED) is 0.309. The molecule has 13 nitrogen and oxygen atoms in total. The zero-order valence-corrected chi connectivity index (χ0v) is 21.9. The predicted octanol–water partition coefficient (Wildman–Crippen LogP) is 2.56. The van der Waals surface area contributed by atoms with Gasteiger partial charge in [-0.1, -0.05) is 19.9 Å². The largest absolute Gasteiger partial charge is 0.490 e. The molecule has 0 bridgehead atoms. The van der Waals surface area contributed by atoms with E-state index in [4.69, 9.17) is 25.1 Å². The Kier molecular flexibility index (Phi) is 9.54. The molecule has 0 saturated carbocycles. The lowest BCUT2D eigenvalue weighted by Crippen LogP contribution is -2.38. The number of nitrogens with two attached hydrogens (primary N) is 1. The van der Waals surface area contributed by atoms with E-state index in [1.54, 1.807) is 45.2 Å². The number of alkyl halides is 3.